The standard InChI is InChI=1S/C6H15NO3PS/c1-5-9-11(8,12-4)10-7-6(2)3/h6-7H,4-5H2,1-3H3. The number of nitrogens with one attached hydrogen (secondary N) is 1. The van der Waals surface area contributed by atoms with Crippen molar-refractivity contribution in [2.45, 2.75) is 26.8 Å². The Hall–Kier alpha value is 0.460. The topological polar surface area (TPSA) is 47.6 Å². The molecule has 1 unspecified atom stereocenters. The Morgan fingerprint density at radius 1 is 1.67 bits per heavy atom. The summed E-state index contributed by atoms with van der Waals surface area (Å²) in [7, 11) is 0. The van der Waals surface area contributed by atoms with Gasteiger partial charge in [-0.2, -0.15) is 5.48 Å². The van der Waals surface area contributed by atoms with Crippen LogP contribution in [0.3, 0.4) is 0 Å². The zero-order chi connectivity index (χ0) is 9.61. The van der Waals surface area contributed by atoms with Crippen molar-refractivity contribution in [3.63, 3.8) is 0 Å². The lowest BCUT2D eigenvalue weighted by Crippen LogP contribution is -2.21. The minimum atomic E-state index is -3.06. The first-order valence-corrected chi connectivity index (χ1v) is 6.80. The first-order chi connectivity index (χ1) is 5.54. The molecule has 0 aromatic heterocycles. The molecule has 0 saturated carbocycles. The van der Waals surface area contributed by atoms with Crippen molar-refractivity contribution in [3.05, 3.63) is 6.26 Å². The normalized spacial score (nSPS) is 16.4. The minimum Gasteiger partial charge on any atom is -0.300 e. The third kappa shape index (κ3) is 5.17. The third-order valence-electron chi connectivity index (χ3n) is 0.846. The van der Waals surface area contributed by atoms with E-state index in [1.54, 1.807) is 6.92 Å². The van der Waals surface area contributed by atoms with Crippen molar-refractivity contribution in [1.82, 2.24) is 5.48 Å². The van der Waals surface area contributed by atoms with E-state index >= 15 is 0 Å². The van der Waals surface area contributed by atoms with Gasteiger partial charge >= 0.3 is 6.80 Å². The van der Waals surface area contributed by atoms with Gasteiger partial charge in [0.2, 0.25) is 0 Å². The predicted molar refractivity (Wildman–Crippen MR) is 51.5 cm³/mol. The first kappa shape index (κ1) is 12.5. The number of rotatable bonds is 6. The zero-order valence-electron chi connectivity index (χ0n) is 7.57. The van der Waals surface area contributed by atoms with Crippen LogP contribution in [0.15, 0.2) is 0 Å². The molecule has 1 N–H and O–H groups in total. The van der Waals surface area contributed by atoms with Crippen LogP contribution in [0.1, 0.15) is 20.8 Å². The van der Waals surface area contributed by atoms with Crippen molar-refractivity contribution < 1.29 is 13.7 Å². The lowest BCUT2D eigenvalue weighted by Gasteiger charge is -2.16. The summed E-state index contributed by atoms with van der Waals surface area (Å²) in [5.41, 5.74) is 2.57. The van der Waals surface area contributed by atoms with E-state index in [2.05, 4.69) is 11.7 Å². The van der Waals surface area contributed by atoms with Crippen molar-refractivity contribution in [1.29, 1.82) is 0 Å². The molecule has 0 aromatic carbocycles. The molecule has 0 heterocycles. The quantitative estimate of drug-likeness (QED) is 0.541. The summed E-state index contributed by atoms with van der Waals surface area (Å²) in [5.74, 6) is 0. The molecule has 0 rings (SSSR count). The van der Waals surface area contributed by atoms with E-state index in [9.17, 15) is 4.57 Å². The Labute approximate surface area is 77.6 Å². The highest BCUT2D eigenvalue weighted by Crippen LogP contribution is 2.59. The lowest BCUT2D eigenvalue weighted by molar-refractivity contribution is 0.136. The smallest absolute Gasteiger partial charge is 0.300 e. The van der Waals surface area contributed by atoms with Crippen molar-refractivity contribution in [2.24, 2.45) is 0 Å². The molecule has 0 fully saturated rings. The van der Waals surface area contributed by atoms with Crippen LogP contribution in [-0.2, 0) is 13.7 Å². The molecule has 0 spiro atoms. The molecular formula is C6H15NO3PS. The van der Waals surface area contributed by atoms with Gasteiger partial charge in [0.1, 0.15) is 0 Å². The Morgan fingerprint density at radius 2 is 2.25 bits per heavy atom. The molecule has 0 bridgehead atoms. The van der Waals surface area contributed by atoms with Crippen molar-refractivity contribution in [3.8, 4) is 0 Å². The molecule has 73 valence electrons. The van der Waals surface area contributed by atoms with Crippen molar-refractivity contribution in [2.75, 3.05) is 6.61 Å². The SMILES string of the molecule is [CH2]SP(=O)(OCC)ONC(C)C. The summed E-state index contributed by atoms with van der Waals surface area (Å²) >= 11 is 0.837. The van der Waals surface area contributed by atoms with E-state index in [4.69, 9.17) is 9.15 Å². The van der Waals surface area contributed by atoms with Gasteiger partial charge < -0.3 is 4.52 Å². The highest BCUT2D eigenvalue weighted by atomic mass is 32.7. The van der Waals surface area contributed by atoms with Crippen molar-refractivity contribution >= 4 is 18.2 Å². The maximum absolute atomic E-state index is 11.5. The summed E-state index contributed by atoms with van der Waals surface area (Å²) in [5, 5.41) is 0. The van der Waals surface area contributed by atoms with Gasteiger partial charge in [0.25, 0.3) is 0 Å². The van der Waals surface area contributed by atoms with Gasteiger partial charge in [0.15, 0.2) is 0 Å². The lowest BCUT2D eigenvalue weighted by atomic mass is 10.4. The van der Waals surface area contributed by atoms with Gasteiger partial charge in [-0.15, -0.1) is 0 Å². The van der Waals surface area contributed by atoms with E-state index in [0.29, 0.717) is 6.61 Å². The van der Waals surface area contributed by atoms with Crippen LogP contribution in [0.2, 0.25) is 0 Å². The highest BCUT2D eigenvalue weighted by Gasteiger charge is 2.23. The summed E-state index contributed by atoms with van der Waals surface area (Å²) in [4.78, 5) is 0. The van der Waals surface area contributed by atoms with E-state index < -0.39 is 6.80 Å². The van der Waals surface area contributed by atoms with E-state index in [-0.39, 0.29) is 6.04 Å². The number of hydroxylamine groups is 1. The number of hydrogen-bond donors (Lipinski definition) is 1. The molecule has 1 radical (unpaired) electrons. The predicted octanol–water partition coefficient (Wildman–Crippen LogP) is 2.59. The Morgan fingerprint density at radius 3 is 2.58 bits per heavy atom. The second-order valence-corrected chi connectivity index (χ2v) is 6.07. The third-order valence-corrected chi connectivity index (χ3v) is 3.55. The molecule has 0 saturated heterocycles. The first-order valence-electron chi connectivity index (χ1n) is 3.66. The fourth-order valence-corrected chi connectivity index (χ4v) is 2.08. The van der Waals surface area contributed by atoms with E-state index in [0.717, 1.165) is 11.4 Å². The van der Waals surface area contributed by atoms with Gasteiger partial charge in [-0.3, -0.25) is 0 Å². The molecular weight excluding hydrogens is 197 g/mol. The van der Waals surface area contributed by atoms with Crippen LogP contribution >= 0.6 is 18.2 Å². The Balaban J connectivity index is 3.88. The molecule has 4 nitrogen and oxygen atoms in total. The minimum absolute atomic E-state index is 0.103. The van der Waals surface area contributed by atoms with Gasteiger partial charge in [0, 0.05) is 12.3 Å². The van der Waals surface area contributed by atoms with Gasteiger partial charge in [0.05, 0.1) is 6.61 Å². The largest absolute Gasteiger partial charge is 0.405 e. The molecule has 0 aliphatic heterocycles. The van der Waals surface area contributed by atoms with E-state index in [1.807, 2.05) is 13.8 Å². The second kappa shape index (κ2) is 6.00. The molecule has 6 heteroatoms. The fourth-order valence-electron chi connectivity index (χ4n) is 0.418. The fraction of sp³-hybridized carbons (Fsp3) is 0.833. The van der Waals surface area contributed by atoms with Gasteiger partial charge in [-0.1, -0.05) is 0 Å². The van der Waals surface area contributed by atoms with Crippen LogP contribution < -0.4 is 5.48 Å². The van der Waals surface area contributed by atoms with Crippen LogP contribution in [0, 0.1) is 6.26 Å². The summed E-state index contributed by atoms with van der Waals surface area (Å²) in [6, 6.07) is 0.103. The molecule has 0 amide bonds. The molecule has 1 atom stereocenters. The number of hydrogen-bond acceptors (Lipinski definition) is 5. The monoisotopic (exact) mass is 212 g/mol. The molecule has 0 aromatic rings. The average molecular weight is 212 g/mol. The maximum Gasteiger partial charge on any atom is 0.405 e. The van der Waals surface area contributed by atoms with Crippen LogP contribution in [0.25, 0.3) is 0 Å². The Kier molecular flexibility index (Phi) is 6.23. The maximum atomic E-state index is 11.5. The van der Waals surface area contributed by atoms with Gasteiger partial charge in [-0.05, 0) is 32.2 Å². The second-order valence-electron chi connectivity index (χ2n) is 2.36. The molecule has 12 heavy (non-hydrogen) atoms. The Bertz CT molecular complexity index is 165. The zero-order valence-corrected chi connectivity index (χ0v) is 9.28. The van der Waals surface area contributed by atoms with Crippen LogP contribution in [0.4, 0.5) is 0 Å². The van der Waals surface area contributed by atoms with Gasteiger partial charge in [-0.25, -0.2) is 9.19 Å². The van der Waals surface area contributed by atoms with Crippen LogP contribution in [-0.4, -0.2) is 12.6 Å². The summed E-state index contributed by atoms with van der Waals surface area (Å²) in [6.45, 7) is 2.80. The van der Waals surface area contributed by atoms with Crippen LogP contribution in [0.5, 0.6) is 0 Å². The molecule has 0 aliphatic carbocycles. The summed E-state index contributed by atoms with van der Waals surface area (Å²) < 4.78 is 21.2. The average Bonchev–Trinajstić information content (AvgIpc) is 2.02. The summed E-state index contributed by atoms with van der Waals surface area (Å²) in [6.07, 6.45) is 3.42. The molecule has 0 aliphatic rings. The highest BCUT2D eigenvalue weighted by molar-refractivity contribution is 8.55. The van der Waals surface area contributed by atoms with E-state index in [1.165, 1.54) is 0 Å².